The maximum atomic E-state index is 13.0. The van der Waals surface area contributed by atoms with Gasteiger partial charge in [0.05, 0.1) is 6.54 Å². The third kappa shape index (κ3) is 12.7. The number of hydrogen-bond acceptors (Lipinski definition) is 9. The second kappa shape index (κ2) is 21.8. The van der Waals surface area contributed by atoms with Gasteiger partial charge in [-0.25, -0.2) is 0 Å². The lowest BCUT2D eigenvalue weighted by Gasteiger charge is -2.27. The molecule has 0 aliphatic rings. The van der Waals surface area contributed by atoms with Crippen molar-refractivity contribution in [2.75, 3.05) is 39.5 Å². The molecule has 2 aromatic rings. The first-order valence-electron chi connectivity index (χ1n) is 16.2. The van der Waals surface area contributed by atoms with Gasteiger partial charge in [-0.2, -0.15) is 4.91 Å². The Morgan fingerprint density at radius 2 is 1.05 bits per heavy atom. The molecule has 0 heterocycles. The Morgan fingerprint density at radius 3 is 1.45 bits per heavy atom. The third-order valence-electron chi connectivity index (χ3n) is 8.80. The van der Waals surface area contributed by atoms with Crippen molar-refractivity contribution in [2.45, 2.75) is 70.6 Å². The first-order valence-corrected chi connectivity index (χ1v) is 16.2. The first-order chi connectivity index (χ1) is 21.4. The summed E-state index contributed by atoms with van der Waals surface area (Å²) in [4.78, 5) is 36.4. The normalized spacial score (nSPS) is 14.1. The molecule has 0 spiro atoms. The van der Waals surface area contributed by atoms with Crippen molar-refractivity contribution in [3.63, 3.8) is 0 Å². The zero-order valence-electron chi connectivity index (χ0n) is 26.1. The van der Waals surface area contributed by atoms with Crippen LogP contribution in [0.2, 0.25) is 0 Å². The van der Waals surface area contributed by atoms with Crippen LogP contribution in [0.25, 0.3) is 0 Å². The van der Waals surface area contributed by atoms with Crippen LogP contribution < -0.4 is 11.5 Å². The van der Waals surface area contributed by atoms with Gasteiger partial charge in [0.25, 0.3) is 0 Å². The predicted molar refractivity (Wildman–Crippen MR) is 174 cm³/mol. The van der Waals surface area contributed by atoms with Gasteiger partial charge in [-0.3, -0.25) is 9.59 Å². The molecule has 2 rings (SSSR count). The maximum absolute atomic E-state index is 13.0. The lowest BCUT2D eigenvalue weighted by molar-refractivity contribution is 0.0887. The lowest BCUT2D eigenvalue weighted by atomic mass is 9.79. The Bertz CT molecular complexity index is 1090. The number of carbonyl (C=O) groups excluding carboxylic acids is 2. The number of nitroso groups, excluding NO2 is 1. The van der Waals surface area contributed by atoms with E-state index in [1.54, 1.807) is 0 Å². The number of nitrogens with two attached hydrogens (primary N) is 2. The fraction of sp³-hybridized carbons (Fsp3) is 0.600. The van der Waals surface area contributed by atoms with E-state index in [1.165, 1.54) is 0 Å². The van der Waals surface area contributed by atoms with Crippen LogP contribution >= 0.6 is 0 Å². The largest absolute Gasteiger partial charge is 0.396 e. The molecule has 0 amide bonds. The Balaban J connectivity index is 2.10. The van der Waals surface area contributed by atoms with Crippen molar-refractivity contribution < 1.29 is 24.9 Å². The van der Waals surface area contributed by atoms with E-state index in [0.717, 1.165) is 43.2 Å². The highest BCUT2D eigenvalue weighted by Crippen LogP contribution is 2.30. The number of aryl methyl sites for hydroxylation is 2. The maximum Gasteiger partial charge on any atom is 0.166 e. The van der Waals surface area contributed by atoms with Crippen LogP contribution in [0.3, 0.4) is 0 Å². The van der Waals surface area contributed by atoms with Gasteiger partial charge >= 0.3 is 0 Å². The van der Waals surface area contributed by atoms with E-state index in [1.807, 2.05) is 48.5 Å². The lowest BCUT2D eigenvalue weighted by Crippen LogP contribution is -2.20. The predicted octanol–water partition coefficient (Wildman–Crippen LogP) is 4.47. The summed E-state index contributed by atoms with van der Waals surface area (Å²) < 4.78 is 0. The van der Waals surface area contributed by atoms with Gasteiger partial charge in [0.15, 0.2) is 11.6 Å². The number of aliphatic hydroxyl groups is 3. The average Bonchev–Trinajstić information content (AvgIpc) is 3.05. The van der Waals surface area contributed by atoms with E-state index < -0.39 is 0 Å². The summed E-state index contributed by atoms with van der Waals surface area (Å²) >= 11 is 0. The standard InChI is InChI=1S/C35H53N3O6/c36-20-15-32(17-22-38-44)34(42)30-11-5-26(6-12-30)3-9-29(28(18-24-40)2-1-23-39)10-4-27-7-13-31(14-8-27)35(43)33(16-21-37)19-25-41/h5-8,11-14,28-29,32-33,39-41H,1-4,9-10,15-25,36-37H2. The van der Waals surface area contributed by atoms with Gasteiger partial charge in [0, 0.05) is 42.8 Å². The highest BCUT2D eigenvalue weighted by molar-refractivity contribution is 5.98. The zero-order chi connectivity index (χ0) is 32.2. The van der Waals surface area contributed by atoms with E-state index in [2.05, 4.69) is 5.18 Å². The average molecular weight is 612 g/mol. The summed E-state index contributed by atoms with van der Waals surface area (Å²) in [5.41, 5.74) is 14.9. The minimum absolute atomic E-state index is 0.00782. The molecule has 4 atom stereocenters. The van der Waals surface area contributed by atoms with Crippen LogP contribution in [0, 0.1) is 28.6 Å². The van der Waals surface area contributed by atoms with E-state index >= 15 is 0 Å². The SMILES string of the molecule is NCCC(CCO)C(=O)c1ccc(CCC(CCc2ccc(C(=O)C(CCN)CCN=O)cc2)C(CCO)CCCO)cc1. The first kappa shape index (κ1) is 37.4. The van der Waals surface area contributed by atoms with Gasteiger partial charge in [-0.1, -0.05) is 53.7 Å². The molecule has 2 aromatic carbocycles. The van der Waals surface area contributed by atoms with Crippen LogP contribution in [-0.4, -0.2) is 66.3 Å². The summed E-state index contributed by atoms with van der Waals surface area (Å²) in [5, 5.41) is 31.5. The highest BCUT2D eigenvalue weighted by Gasteiger charge is 2.23. The molecule has 244 valence electrons. The fourth-order valence-corrected chi connectivity index (χ4v) is 6.18. The smallest absolute Gasteiger partial charge is 0.166 e. The van der Waals surface area contributed by atoms with Crippen molar-refractivity contribution in [1.29, 1.82) is 0 Å². The van der Waals surface area contributed by atoms with Crippen molar-refractivity contribution in [3.05, 3.63) is 75.7 Å². The van der Waals surface area contributed by atoms with Crippen LogP contribution in [0.1, 0.15) is 89.6 Å². The second-order valence-electron chi connectivity index (χ2n) is 11.8. The van der Waals surface area contributed by atoms with Gasteiger partial charge in [0.1, 0.15) is 0 Å². The Hall–Kier alpha value is -2.82. The molecule has 0 aromatic heterocycles. The Morgan fingerprint density at radius 1 is 0.591 bits per heavy atom. The van der Waals surface area contributed by atoms with Crippen molar-refractivity contribution in [3.8, 4) is 0 Å². The molecule has 7 N–H and O–H groups in total. The molecule has 0 aliphatic heterocycles. The minimum atomic E-state index is -0.307. The fourth-order valence-electron chi connectivity index (χ4n) is 6.18. The molecule has 0 bridgehead atoms. The zero-order valence-corrected chi connectivity index (χ0v) is 26.1. The van der Waals surface area contributed by atoms with Gasteiger partial charge in [-0.15, -0.1) is 0 Å². The van der Waals surface area contributed by atoms with Crippen LogP contribution in [-0.2, 0) is 12.8 Å². The molecule has 44 heavy (non-hydrogen) atoms. The molecule has 0 radical (unpaired) electrons. The minimum Gasteiger partial charge on any atom is -0.396 e. The molecule has 9 heteroatoms. The monoisotopic (exact) mass is 611 g/mol. The number of ketones is 2. The van der Waals surface area contributed by atoms with Crippen LogP contribution in [0.5, 0.6) is 0 Å². The molecule has 0 aliphatic carbocycles. The highest BCUT2D eigenvalue weighted by atomic mass is 16.3. The van der Waals surface area contributed by atoms with Gasteiger partial charge < -0.3 is 26.8 Å². The number of nitrogens with zero attached hydrogens (tertiary/aromatic N) is 1. The molecule has 0 fully saturated rings. The number of carbonyl (C=O) groups is 2. The van der Waals surface area contributed by atoms with Crippen LogP contribution in [0.4, 0.5) is 0 Å². The van der Waals surface area contributed by atoms with Gasteiger partial charge in [0.2, 0.25) is 0 Å². The number of benzene rings is 2. The van der Waals surface area contributed by atoms with E-state index in [0.29, 0.717) is 68.7 Å². The van der Waals surface area contributed by atoms with Crippen molar-refractivity contribution in [1.82, 2.24) is 0 Å². The van der Waals surface area contributed by atoms with Crippen LogP contribution in [0.15, 0.2) is 53.7 Å². The van der Waals surface area contributed by atoms with E-state index in [9.17, 15) is 29.8 Å². The number of aliphatic hydroxyl groups excluding tert-OH is 3. The van der Waals surface area contributed by atoms with E-state index in [4.69, 9.17) is 11.5 Å². The van der Waals surface area contributed by atoms with Crippen molar-refractivity contribution >= 4 is 11.6 Å². The second-order valence-corrected chi connectivity index (χ2v) is 11.8. The molecule has 0 saturated carbocycles. The molecular weight excluding hydrogens is 558 g/mol. The Labute approximate surface area is 262 Å². The van der Waals surface area contributed by atoms with E-state index in [-0.39, 0.29) is 55.7 Å². The Kier molecular flexibility index (Phi) is 18.5. The summed E-state index contributed by atoms with van der Waals surface area (Å²) in [7, 11) is 0. The number of Topliss-reactive ketones (excluding diaryl/α,β-unsaturated/α-hetero) is 2. The summed E-state index contributed by atoms with van der Waals surface area (Å²) in [5.74, 6) is 0.0181. The third-order valence-corrected chi connectivity index (χ3v) is 8.80. The van der Waals surface area contributed by atoms with Crippen molar-refractivity contribution in [2.24, 2.45) is 40.3 Å². The topological polar surface area (TPSA) is 176 Å². The summed E-state index contributed by atoms with van der Waals surface area (Å²) in [6.45, 7) is 1.06. The molecule has 9 nitrogen and oxygen atoms in total. The molecular formula is C35H53N3O6. The number of hydrogen-bond donors (Lipinski definition) is 5. The van der Waals surface area contributed by atoms with Gasteiger partial charge in [-0.05, 0) is 107 Å². The molecule has 0 saturated heterocycles. The molecule has 4 unspecified atom stereocenters. The number of rotatable bonds is 25. The quantitative estimate of drug-likeness (QED) is 0.0806. The summed E-state index contributed by atoms with van der Waals surface area (Å²) in [6, 6.07) is 15.4. The summed E-state index contributed by atoms with van der Waals surface area (Å²) in [6.07, 6.45) is 7.56.